The maximum Gasteiger partial charge on any atom is 0.282 e. The molecule has 0 unspecified atom stereocenters. The van der Waals surface area contributed by atoms with Crippen LogP contribution in [0.2, 0.25) is 5.02 Å². The monoisotopic (exact) mass is 706 g/mol. The fraction of sp³-hybridized carbons (Fsp3) is 0.0645. The van der Waals surface area contributed by atoms with Crippen molar-refractivity contribution in [1.82, 2.24) is 9.66 Å². The highest BCUT2D eigenvalue weighted by Crippen LogP contribution is 2.35. The molecule has 0 radical (unpaired) electrons. The maximum atomic E-state index is 13.6. The van der Waals surface area contributed by atoms with Gasteiger partial charge in [-0.15, -0.1) is 0 Å². The number of aromatic nitrogens is 2. The second-order valence-electron chi connectivity index (χ2n) is 9.36. The van der Waals surface area contributed by atoms with Gasteiger partial charge in [-0.05, 0) is 82.2 Å². The molecular formula is C31H20ClIN4O6. The van der Waals surface area contributed by atoms with E-state index in [1.807, 2.05) is 6.07 Å². The number of hydrogen-bond acceptors (Lipinski definition) is 8. The van der Waals surface area contributed by atoms with Crippen molar-refractivity contribution in [2.45, 2.75) is 6.61 Å². The first kappa shape index (κ1) is 28.4. The molecule has 12 heteroatoms. The van der Waals surface area contributed by atoms with E-state index in [0.29, 0.717) is 53.5 Å². The molecule has 6 aromatic rings. The normalized spacial score (nSPS) is 11.4. The molecule has 0 bridgehead atoms. The molecule has 0 fully saturated rings. The number of fused-ring (bicyclic) bond motifs is 2. The lowest BCUT2D eigenvalue weighted by molar-refractivity contribution is -0.384. The number of rotatable bonds is 8. The lowest BCUT2D eigenvalue weighted by Gasteiger charge is -2.14. The van der Waals surface area contributed by atoms with E-state index in [1.54, 1.807) is 66.7 Å². The first-order valence-corrected chi connectivity index (χ1v) is 14.3. The van der Waals surface area contributed by atoms with Gasteiger partial charge in [-0.25, -0.2) is 4.98 Å². The number of nitrogens with zero attached hydrogens (tertiary/aromatic N) is 4. The molecule has 0 N–H and O–H groups in total. The number of non-ortho nitro benzene ring substituents is 1. The van der Waals surface area contributed by atoms with Gasteiger partial charge in [-0.2, -0.15) is 9.78 Å². The Bertz CT molecular complexity index is 2120. The Morgan fingerprint density at radius 1 is 1.09 bits per heavy atom. The van der Waals surface area contributed by atoms with Crippen molar-refractivity contribution in [3.8, 4) is 23.1 Å². The Balaban J connectivity index is 1.37. The van der Waals surface area contributed by atoms with Crippen LogP contribution in [0, 0.1) is 13.7 Å². The van der Waals surface area contributed by atoms with E-state index < -0.39 is 4.92 Å². The maximum absolute atomic E-state index is 13.6. The topological polar surface area (TPSA) is 122 Å². The third kappa shape index (κ3) is 5.81. The summed E-state index contributed by atoms with van der Waals surface area (Å²) in [5.74, 6) is 1.48. The zero-order valence-electron chi connectivity index (χ0n) is 22.4. The second-order valence-corrected chi connectivity index (χ2v) is 11.0. The second kappa shape index (κ2) is 11.9. The third-order valence-electron chi connectivity index (χ3n) is 6.53. The van der Waals surface area contributed by atoms with Gasteiger partial charge in [-0.3, -0.25) is 14.9 Å². The van der Waals surface area contributed by atoms with E-state index >= 15 is 0 Å². The molecule has 2 aromatic heterocycles. The molecule has 0 atom stereocenters. The first-order chi connectivity index (χ1) is 20.8. The van der Waals surface area contributed by atoms with Crippen LogP contribution >= 0.6 is 34.2 Å². The molecule has 0 aliphatic heterocycles. The molecule has 6 rings (SSSR count). The highest BCUT2D eigenvalue weighted by Gasteiger charge is 2.17. The van der Waals surface area contributed by atoms with E-state index in [4.69, 9.17) is 30.5 Å². The summed E-state index contributed by atoms with van der Waals surface area (Å²) in [7, 11) is 1.51. The Morgan fingerprint density at radius 3 is 2.74 bits per heavy atom. The third-order valence-corrected chi connectivity index (χ3v) is 7.57. The summed E-state index contributed by atoms with van der Waals surface area (Å²) in [4.78, 5) is 29.0. The highest BCUT2D eigenvalue weighted by molar-refractivity contribution is 14.1. The van der Waals surface area contributed by atoms with Crippen LogP contribution in [0.1, 0.15) is 11.1 Å². The fourth-order valence-electron chi connectivity index (χ4n) is 4.51. The van der Waals surface area contributed by atoms with Crippen molar-refractivity contribution in [1.29, 1.82) is 0 Å². The minimum atomic E-state index is -0.451. The van der Waals surface area contributed by atoms with Gasteiger partial charge in [0.1, 0.15) is 12.2 Å². The van der Waals surface area contributed by atoms with Gasteiger partial charge >= 0.3 is 0 Å². The van der Waals surface area contributed by atoms with Crippen molar-refractivity contribution in [3.05, 3.63) is 125 Å². The average Bonchev–Trinajstić information content (AvgIpc) is 3.43. The zero-order valence-corrected chi connectivity index (χ0v) is 25.3. The Morgan fingerprint density at radius 2 is 1.93 bits per heavy atom. The van der Waals surface area contributed by atoms with Gasteiger partial charge < -0.3 is 13.9 Å². The number of methoxy groups -OCH3 is 1. The van der Waals surface area contributed by atoms with Gasteiger partial charge in [0.15, 0.2) is 17.3 Å². The Labute approximate surface area is 262 Å². The molecule has 0 saturated heterocycles. The average molecular weight is 707 g/mol. The minimum Gasteiger partial charge on any atom is -0.493 e. The number of para-hydroxylation sites is 1. The first-order valence-electron chi connectivity index (χ1n) is 12.8. The highest BCUT2D eigenvalue weighted by atomic mass is 127. The molecular weight excluding hydrogens is 687 g/mol. The molecule has 4 aromatic carbocycles. The number of hydrogen-bond donors (Lipinski definition) is 0. The van der Waals surface area contributed by atoms with Crippen molar-refractivity contribution in [3.63, 3.8) is 0 Å². The van der Waals surface area contributed by atoms with Gasteiger partial charge in [0.25, 0.3) is 11.2 Å². The predicted octanol–water partition coefficient (Wildman–Crippen LogP) is 7.45. The summed E-state index contributed by atoms with van der Waals surface area (Å²) in [6.07, 6.45) is 1.52. The molecule has 10 nitrogen and oxygen atoms in total. The predicted molar refractivity (Wildman–Crippen MR) is 172 cm³/mol. The van der Waals surface area contributed by atoms with Crippen LogP contribution in [0.25, 0.3) is 33.5 Å². The van der Waals surface area contributed by atoms with Crippen molar-refractivity contribution >= 4 is 68.0 Å². The van der Waals surface area contributed by atoms with E-state index in [-0.39, 0.29) is 23.7 Å². The summed E-state index contributed by atoms with van der Waals surface area (Å²) < 4.78 is 19.5. The van der Waals surface area contributed by atoms with Crippen molar-refractivity contribution in [2.24, 2.45) is 5.10 Å². The van der Waals surface area contributed by atoms with Crippen LogP contribution in [-0.4, -0.2) is 27.9 Å². The van der Waals surface area contributed by atoms with Gasteiger partial charge in [-0.1, -0.05) is 35.9 Å². The van der Waals surface area contributed by atoms with Crippen LogP contribution in [0.4, 0.5) is 5.69 Å². The Kier molecular flexibility index (Phi) is 7.82. The smallest absolute Gasteiger partial charge is 0.282 e. The van der Waals surface area contributed by atoms with Crippen LogP contribution in [0.15, 0.2) is 99.2 Å². The number of nitro groups is 1. The van der Waals surface area contributed by atoms with E-state index in [0.717, 1.165) is 5.39 Å². The number of benzene rings is 4. The van der Waals surface area contributed by atoms with Crippen molar-refractivity contribution in [2.75, 3.05) is 7.11 Å². The number of halogens is 2. The molecule has 0 aliphatic carbocycles. The molecule has 0 aliphatic rings. The summed E-state index contributed by atoms with van der Waals surface area (Å²) in [5, 5.41) is 17.4. The van der Waals surface area contributed by atoms with Crippen LogP contribution < -0.4 is 15.0 Å². The van der Waals surface area contributed by atoms with Crippen molar-refractivity contribution < 1.29 is 18.8 Å². The number of ether oxygens (including phenoxy) is 2. The molecule has 0 saturated carbocycles. The standard InChI is InChI=1S/C31H20ClIN4O6/c1-41-27-13-19(12-24(33)29(27)42-17-18-5-4-6-22(11-18)37(39)40)16-34-36-30(35-25-8-3-2-7-23(25)31(36)38)28-15-20-14-21(32)9-10-26(20)43-28/h2-16H,17H2,1H3. The van der Waals surface area contributed by atoms with Crippen LogP contribution in [-0.2, 0) is 6.61 Å². The van der Waals surface area contributed by atoms with Gasteiger partial charge in [0.2, 0.25) is 5.82 Å². The molecule has 214 valence electrons. The molecule has 2 heterocycles. The molecule has 43 heavy (non-hydrogen) atoms. The van der Waals surface area contributed by atoms with E-state index in [1.165, 1.54) is 30.1 Å². The van der Waals surface area contributed by atoms with Gasteiger partial charge in [0.05, 0.1) is 32.7 Å². The lowest BCUT2D eigenvalue weighted by atomic mass is 10.2. The minimum absolute atomic E-state index is 0.0152. The number of furan rings is 1. The van der Waals surface area contributed by atoms with Crippen LogP contribution in [0.3, 0.4) is 0 Å². The number of nitro benzene ring substituents is 1. The molecule has 0 amide bonds. The Hall–Kier alpha value is -4.75. The molecule has 0 spiro atoms. The lowest BCUT2D eigenvalue weighted by Crippen LogP contribution is -2.20. The zero-order chi connectivity index (χ0) is 30.1. The largest absolute Gasteiger partial charge is 0.493 e. The fourth-order valence-corrected chi connectivity index (χ4v) is 5.47. The summed E-state index contributed by atoms with van der Waals surface area (Å²) >= 11 is 8.28. The van der Waals surface area contributed by atoms with Gasteiger partial charge in [0, 0.05) is 22.5 Å². The summed E-state index contributed by atoms with van der Waals surface area (Å²) in [6, 6.07) is 23.8. The van der Waals surface area contributed by atoms with E-state index in [9.17, 15) is 14.9 Å². The quantitative estimate of drug-likeness (QED) is 0.0698. The van der Waals surface area contributed by atoms with E-state index in [2.05, 4.69) is 27.7 Å². The van der Waals surface area contributed by atoms with Crippen LogP contribution in [0.5, 0.6) is 11.5 Å². The summed E-state index contributed by atoms with van der Waals surface area (Å²) in [6.45, 7) is 0.103. The SMILES string of the molecule is COc1cc(C=Nn2c(-c3cc4cc(Cl)ccc4o3)nc3ccccc3c2=O)cc(I)c1OCc1cccc([N+](=O)[O-])c1. The summed E-state index contributed by atoms with van der Waals surface area (Å²) in [5.41, 5.74) is 1.99.